The van der Waals surface area contributed by atoms with Crippen LogP contribution in [-0.2, 0) is 12.8 Å². The molecule has 0 saturated heterocycles. The third-order valence-corrected chi connectivity index (χ3v) is 4.88. The maximum Gasteiger partial charge on any atom is 0.417 e. The van der Waals surface area contributed by atoms with Gasteiger partial charge < -0.3 is 4.74 Å². The van der Waals surface area contributed by atoms with E-state index in [1.165, 1.54) is 12.3 Å². The molecule has 0 fully saturated rings. The van der Waals surface area contributed by atoms with Crippen molar-refractivity contribution in [3.63, 3.8) is 0 Å². The number of ether oxygens (including phenoxy) is 1. The zero-order chi connectivity index (χ0) is 22.4. The molecule has 3 aromatic rings. The highest BCUT2D eigenvalue weighted by Gasteiger charge is 2.30. The van der Waals surface area contributed by atoms with Crippen LogP contribution in [0.5, 0.6) is 5.75 Å². The van der Waals surface area contributed by atoms with Crippen molar-refractivity contribution < 1.29 is 17.9 Å². The van der Waals surface area contributed by atoms with E-state index in [1.54, 1.807) is 30.3 Å². The average Bonchev–Trinajstić information content (AvgIpc) is 2.73. The second-order valence-electron chi connectivity index (χ2n) is 6.17. The lowest BCUT2D eigenvalue weighted by Gasteiger charge is -2.12. The molecule has 1 N–H and O–H groups in total. The van der Waals surface area contributed by atoms with Crippen LogP contribution in [0.1, 0.15) is 22.3 Å². The summed E-state index contributed by atoms with van der Waals surface area (Å²) in [4.78, 5) is 3.67. The molecule has 0 atom stereocenters. The fourth-order valence-corrected chi connectivity index (χ4v) is 3.49. The van der Waals surface area contributed by atoms with E-state index >= 15 is 0 Å². The van der Waals surface area contributed by atoms with E-state index in [0.29, 0.717) is 26.4 Å². The maximum absolute atomic E-state index is 12.6. The van der Waals surface area contributed by atoms with Crippen molar-refractivity contribution in [2.45, 2.75) is 12.8 Å². The summed E-state index contributed by atoms with van der Waals surface area (Å²) in [6.07, 6.45) is -2.29. The summed E-state index contributed by atoms with van der Waals surface area (Å²) in [6, 6.07) is 14.6. The van der Waals surface area contributed by atoms with Crippen LogP contribution in [0.15, 0.2) is 64.3 Å². The van der Waals surface area contributed by atoms with Crippen molar-refractivity contribution in [3.8, 4) is 11.8 Å². The van der Waals surface area contributed by atoms with Crippen molar-refractivity contribution in [1.82, 2.24) is 4.98 Å². The fourth-order valence-electron chi connectivity index (χ4n) is 2.50. The highest BCUT2D eigenvalue weighted by Crippen LogP contribution is 2.35. The number of rotatable bonds is 6. The largest absolute Gasteiger partial charge is 0.486 e. The summed E-state index contributed by atoms with van der Waals surface area (Å²) in [5, 5.41) is 13.4. The summed E-state index contributed by atoms with van der Waals surface area (Å²) >= 11 is 9.70. The van der Waals surface area contributed by atoms with Crippen LogP contribution in [0.3, 0.4) is 0 Å². The lowest BCUT2D eigenvalue weighted by molar-refractivity contribution is -0.137. The smallest absolute Gasteiger partial charge is 0.417 e. The standard InChI is InChI=1S/C21H13BrClF3N4O/c22-17-7-13(10-29-30-19-6-5-16(11-28-19)21(24,25)26)8-18(23)20(17)31-12-15-4-2-1-3-14(15)9-27/h1-8,10-11H,12H2,(H,28,30)/b29-10-. The molecule has 0 saturated carbocycles. The second-order valence-corrected chi connectivity index (χ2v) is 7.43. The molecule has 0 unspecified atom stereocenters. The van der Waals surface area contributed by atoms with Gasteiger partial charge in [-0.3, -0.25) is 5.43 Å². The molecular weight excluding hydrogens is 497 g/mol. The average molecular weight is 510 g/mol. The fraction of sp³-hybridized carbons (Fsp3) is 0.0952. The van der Waals surface area contributed by atoms with Gasteiger partial charge in [-0.05, 0) is 51.8 Å². The van der Waals surface area contributed by atoms with E-state index in [9.17, 15) is 13.2 Å². The Bertz CT molecular complexity index is 1120. The number of nitrogens with zero attached hydrogens (tertiary/aromatic N) is 3. The highest BCUT2D eigenvalue weighted by atomic mass is 79.9. The van der Waals surface area contributed by atoms with Crippen molar-refractivity contribution in [1.29, 1.82) is 5.26 Å². The first-order chi connectivity index (χ1) is 14.8. The summed E-state index contributed by atoms with van der Waals surface area (Å²) in [7, 11) is 0. The molecule has 10 heteroatoms. The third-order valence-electron chi connectivity index (χ3n) is 4.01. The van der Waals surface area contributed by atoms with Crippen LogP contribution >= 0.6 is 27.5 Å². The Hall–Kier alpha value is -3.09. The predicted octanol–water partition coefficient (Wildman–Crippen LogP) is 6.41. The van der Waals surface area contributed by atoms with E-state index in [0.717, 1.165) is 17.8 Å². The van der Waals surface area contributed by atoms with Gasteiger partial charge in [0.1, 0.15) is 12.4 Å². The van der Waals surface area contributed by atoms with Gasteiger partial charge in [0.05, 0.1) is 32.9 Å². The molecule has 5 nitrogen and oxygen atoms in total. The maximum atomic E-state index is 12.6. The number of alkyl halides is 3. The van der Waals surface area contributed by atoms with E-state index in [-0.39, 0.29) is 12.4 Å². The molecule has 0 radical (unpaired) electrons. The zero-order valence-electron chi connectivity index (χ0n) is 15.6. The number of aromatic nitrogens is 1. The molecule has 1 aromatic heterocycles. The number of anilines is 1. The van der Waals surface area contributed by atoms with Crippen molar-refractivity contribution in [2.24, 2.45) is 5.10 Å². The quantitative estimate of drug-likeness (QED) is 0.308. The molecule has 0 aliphatic carbocycles. The Morgan fingerprint density at radius 1 is 1.23 bits per heavy atom. The van der Waals surface area contributed by atoms with E-state index in [1.807, 2.05) is 6.07 Å². The number of nitriles is 1. The summed E-state index contributed by atoms with van der Waals surface area (Å²) < 4.78 is 44.0. The van der Waals surface area contributed by atoms with Gasteiger partial charge in [-0.25, -0.2) is 4.98 Å². The molecule has 0 spiro atoms. The monoisotopic (exact) mass is 508 g/mol. The number of pyridine rings is 1. The number of benzene rings is 2. The minimum absolute atomic E-state index is 0.158. The lowest BCUT2D eigenvalue weighted by Crippen LogP contribution is -2.05. The first-order valence-corrected chi connectivity index (χ1v) is 9.87. The molecule has 0 amide bonds. The zero-order valence-corrected chi connectivity index (χ0v) is 18.0. The Labute approximate surface area is 189 Å². The van der Waals surface area contributed by atoms with Crippen LogP contribution in [0.25, 0.3) is 0 Å². The molecule has 3 rings (SSSR count). The van der Waals surface area contributed by atoms with Gasteiger partial charge in [0.15, 0.2) is 5.75 Å². The van der Waals surface area contributed by atoms with Gasteiger partial charge >= 0.3 is 6.18 Å². The minimum atomic E-state index is -4.45. The molecule has 0 aliphatic heterocycles. The summed E-state index contributed by atoms with van der Waals surface area (Å²) in [6.45, 7) is 0.163. The van der Waals surface area contributed by atoms with Crippen LogP contribution in [0.4, 0.5) is 19.0 Å². The van der Waals surface area contributed by atoms with Crippen molar-refractivity contribution in [3.05, 3.63) is 86.5 Å². The number of halogens is 5. The Morgan fingerprint density at radius 2 is 2.00 bits per heavy atom. The summed E-state index contributed by atoms with van der Waals surface area (Å²) in [5.41, 5.74) is 3.57. The lowest BCUT2D eigenvalue weighted by atomic mass is 10.1. The molecule has 158 valence electrons. The van der Waals surface area contributed by atoms with Gasteiger partial charge in [-0.2, -0.15) is 23.5 Å². The second kappa shape index (κ2) is 9.81. The molecular formula is C21H13BrClF3N4O. The van der Waals surface area contributed by atoms with Gasteiger partial charge in [-0.1, -0.05) is 29.8 Å². The van der Waals surface area contributed by atoms with Crippen molar-refractivity contribution in [2.75, 3.05) is 5.43 Å². The number of hydrogen-bond donors (Lipinski definition) is 1. The van der Waals surface area contributed by atoms with Gasteiger partial charge in [-0.15, -0.1) is 0 Å². The Balaban J connectivity index is 1.66. The molecule has 31 heavy (non-hydrogen) atoms. The Kier molecular flexibility index (Phi) is 7.15. The number of hydrogen-bond acceptors (Lipinski definition) is 5. The van der Waals surface area contributed by atoms with E-state index in [2.05, 4.69) is 37.5 Å². The van der Waals surface area contributed by atoms with E-state index < -0.39 is 11.7 Å². The first kappa shape index (κ1) is 22.6. The topological polar surface area (TPSA) is 70.3 Å². The van der Waals surface area contributed by atoms with Gasteiger partial charge in [0, 0.05) is 11.8 Å². The van der Waals surface area contributed by atoms with Gasteiger partial charge in [0.2, 0.25) is 0 Å². The normalized spacial score (nSPS) is 11.4. The first-order valence-electron chi connectivity index (χ1n) is 8.70. The molecule has 1 heterocycles. The molecule has 0 bridgehead atoms. The SMILES string of the molecule is N#Cc1ccccc1COc1c(Cl)cc(/C=N\Nc2ccc(C(F)(F)F)cn2)cc1Br. The Morgan fingerprint density at radius 3 is 2.65 bits per heavy atom. The number of nitrogens with one attached hydrogen (secondary N) is 1. The number of hydrazone groups is 1. The molecule has 2 aromatic carbocycles. The third kappa shape index (κ3) is 5.96. The highest BCUT2D eigenvalue weighted by molar-refractivity contribution is 9.10. The van der Waals surface area contributed by atoms with Crippen LogP contribution in [0, 0.1) is 11.3 Å². The van der Waals surface area contributed by atoms with E-state index in [4.69, 9.17) is 21.6 Å². The van der Waals surface area contributed by atoms with Crippen LogP contribution < -0.4 is 10.2 Å². The minimum Gasteiger partial charge on any atom is -0.486 e. The van der Waals surface area contributed by atoms with Crippen molar-refractivity contribution >= 4 is 39.6 Å². The van der Waals surface area contributed by atoms with Gasteiger partial charge in [0.25, 0.3) is 0 Å². The van der Waals surface area contributed by atoms with Crippen LogP contribution in [-0.4, -0.2) is 11.2 Å². The van der Waals surface area contributed by atoms with Crippen LogP contribution in [0.2, 0.25) is 5.02 Å². The predicted molar refractivity (Wildman–Crippen MR) is 115 cm³/mol. The summed E-state index contributed by atoms with van der Waals surface area (Å²) in [5.74, 6) is 0.564. The molecule has 0 aliphatic rings.